The van der Waals surface area contributed by atoms with E-state index < -0.39 is 0 Å². The van der Waals surface area contributed by atoms with E-state index in [1.165, 1.54) is 0 Å². The molecule has 0 aliphatic rings. The maximum atomic E-state index is 9.13. The van der Waals surface area contributed by atoms with Gasteiger partial charge in [-0.1, -0.05) is 11.6 Å². The van der Waals surface area contributed by atoms with Gasteiger partial charge in [-0.25, -0.2) is 9.97 Å². The highest BCUT2D eigenvalue weighted by atomic mass is 127. The van der Waals surface area contributed by atoms with E-state index >= 15 is 0 Å². The van der Waals surface area contributed by atoms with Crippen LogP contribution in [0.1, 0.15) is 0 Å². The van der Waals surface area contributed by atoms with Gasteiger partial charge in [0.15, 0.2) is 5.82 Å². The van der Waals surface area contributed by atoms with Crippen molar-refractivity contribution in [3.05, 3.63) is 39.2 Å². The highest BCUT2D eigenvalue weighted by Crippen LogP contribution is 2.21. The first-order valence-electron chi connectivity index (χ1n) is 4.14. The Morgan fingerprint density at radius 1 is 1.20 bits per heavy atom. The predicted molar refractivity (Wildman–Crippen MR) is 66.9 cm³/mol. The Labute approximate surface area is 105 Å². The van der Waals surface area contributed by atoms with Crippen molar-refractivity contribution in [3.63, 3.8) is 0 Å². The van der Waals surface area contributed by atoms with Crippen molar-refractivity contribution in [2.24, 2.45) is 0 Å². The number of hydrogen-bond donors (Lipinski definition) is 1. The molecule has 1 aromatic heterocycles. The Hall–Kier alpha value is -0.880. The van der Waals surface area contributed by atoms with Gasteiger partial charge in [0.05, 0.1) is 3.57 Å². The average Bonchev–Trinajstić information content (AvgIpc) is 2.23. The fraction of sp³-hybridized carbons (Fsp3) is 0. The molecule has 0 aliphatic carbocycles. The second-order valence-corrected chi connectivity index (χ2v) is 4.40. The van der Waals surface area contributed by atoms with Gasteiger partial charge in [-0.15, -0.1) is 0 Å². The van der Waals surface area contributed by atoms with Crippen LogP contribution < -0.4 is 0 Å². The molecule has 0 radical (unpaired) electrons. The van der Waals surface area contributed by atoms with E-state index in [2.05, 4.69) is 32.6 Å². The third kappa shape index (κ3) is 2.38. The highest BCUT2D eigenvalue weighted by Gasteiger charge is 2.04. The zero-order valence-corrected chi connectivity index (χ0v) is 10.4. The van der Waals surface area contributed by atoms with Gasteiger partial charge >= 0.3 is 0 Å². The second-order valence-electron chi connectivity index (χ2n) is 2.88. The van der Waals surface area contributed by atoms with Crippen molar-refractivity contribution in [3.8, 4) is 17.1 Å². The molecule has 0 unspecified atom stereocenters. The van der Waals surface area contributed by atoms with Crippen molar-refractivity contribution in [2.75, 3.05) is 0 Å². The summed E-state index contributed by atoms with van der Waals surface area (Å²) in [5.74, 6) is 0.774. The Kier molecular flexibility index (Phi) is 3.06. The first-order valence-corrected chi connectivity index (χ1v) is 5.60. The van der Waals surface area contributed by atoms with Gasteiger partial charge < -0.3 is 5.11 Å². The topological polar surface area (TPSA) is 46.0 Å². The average molecular weight is 333 g/mol. The van der Waals surface area contributed by atoms with Crippen LogP contribution in [0.4, 0.5) is 0 Å². The number of rotatable bonds is 1. The summed E-state index contributed by atoms with van der Waals surface area (Å²) in [4.78, 5) is 8.29. The first-order chi connectivity index (χ1) is 7.16. The summed E-state index contributed by atoms with van der Waals surface area (Å²) in [7, 11) is 0. The van der Waals surface area contributed by atoms with Crippen LogP contribution in [0, 0.1) is 3.57 Å². The van der Waals surface area contributed by atoms with E-state index in [1.54, 1.807) is 30.5 Å². The summed E-state index contributed by atoms with van der Waals surface area (Å²) in [6.45, 7) is 0. The molecule has 0 saturated carbocycles. The molecule has 0 bridgehead atoms. The number of hydrogen-bond acceptors (Lipinski definition) is 3. The van der Waals surface area contributed by atoms with Crippen LogP contribution in [0.2, 0.25) is 5.15 Å². The van der Waals surface area contributed by atoms with Crippen molar-refractivity contribution >= 4 is 34.2 Å². The normalized spacial score (nSPS) is 10.3. The standard InChI is InChI=1S/C10H6ClIN2O/c11-9-8(12)5-13-10(14-9)6-1-3-7(15)4-2-6/h1-5,15H. The number of halogens is 2. The Balaban J connectivity index is 2.45. The van der Waals surface area contributed by atoms with Crippen LogP contribution in [-0.4, -0.2) is 15.1 Å². The zero-order valence-electron chi connectivity index (χ0n) is 7.48. The lowest BCUT2D eigenvalue weighted by molar-refractivity contribution is 0.475. The number of aromatic hydroxyl groups is 1. The molecule has 0 fully saturated rings. The summed E-state index contributed by atoms with van der Waals surface area (Å²) in [5.41, 5.74) is 0.825. The minimum absolute atomic E-state index is 0.218. The summed E-state index contributed by atoms with van der Waals surface area (Å²) in [6, 6.07) is 6.66. The second kappa shape index (κ2) is 4.32. The number of benzene rings is 1. The molecule has 0 saturated heterocycles. The van der Waals surface area contributed by atoms with Crippen LogP contribution in [0.15, 0.2) is 30.5 Å². The molecule has 3 nitrogen and oxygen atoms in total. The largest absolute Gasteiger partial charge is 0.508 e. The van der Waals surface area contributed by atoms with Gasteiger partial charge in [0.1, 0.15) is 10.9 Å². The van der Waals surface area contributed by atoms with Crippen molar-refractivity contribution < 1.29 is 5.11 Å². The van der Waals surface area contributed by atoms with E-state index in [4.69, 9.17) is 16.7 Å². The molecule has 76 valence electrons. The number of aromatic nitrogens is 2. The maximum Gasteiger partial charge on any atom is 0.160 e. The lowest BCUT2D eigenvalue weighted by Crippen LogP contribution is -1.90. The predicted octanol–water partition coefficient (Wildman–Crippen LogP) is 3.11. The van der Waals surface area contributed by atoms with E-state index in [0.717, 1.165) is 9.13 Å². The minimum atomic E-state index is 0.218. The molecule has 1 N–H and O–H groups in total. The molecule has 2 aromatic rings. The maximum absolute atomic E-state index is 9.13. The Bertz CT molecular complexity index is 487. The van der Waals surface area contributed by atoms with Crippen LogP contribution in [0.25, 0.3) is 11.4 Å². The first kappa shape index (κ1) is 10.6. The van der Waals surface area contributed by atoms with Crippen molar-refractivity contribution in [2.45, 2.75) is 0 Å². The fourth-order valence-corrected chi connectivity index (χ4v) is 1.48. The van der Waals surface area contributed by atoms with Gasteiger partial charge in [-0.2, -0.15) is 0 Å². The molecule has 0 amide bonds. The van der Waals surface area contributed by atoms with E-state index in [-0.39, 0.29) is 5.75 Å². The van der Waals surface area contributed by atoms with Crippen LogP contribution in [0.5, 0.6) is 5.75 Å². The van der Waals surface area contributed by atoms with Crippen molar-refractivity contribution in [1.29, 1.82) is 0 Å². The van der Waals surface area contributed by atoms with Gasteiger partial charge in [0.25, 0.3) is 0 Å². The molecule has 0 aliphatic heterocycles. The minimum Gasteiger partial charge on any atom is -0.508 e. The highest BCUT2D eigenvalue weighted by molar-refractivity contribution is 14.1. The van der Waals surface area contributed by atoms with Gasteiger partial charge in [0, 0.05) is 11.8 Å². The molecular weight excluding hydrogens is 326 g/mol. The lowest BCUT2D eigenvalue weighted by Gasteiger charge is -2.01. The number of nitrogens with zero attached hydrogens (tertiary/aromatic N) is 2. The third-order valence-electron chi connectivity index (χ3n) is 1.83. The number of phenolic OH excluding ortho intramolecular Hbond substituents is 1. The van der Waals surface area contributed by atoms with E-state index in [0.29, 0.717) is 11.0 Å². The van der Waals surface area contributed by atoms with Gasteiger partial charge in [-0.05, 0) is 46.9 Å². The third-order valence-corrected chi connectivity index (χ3v) is 3.22. The summed E-state index contributed by atoms with van der Waals surface area (Å²) in [6.07, 6.45) is 1.66. The smallest absolute Gasteiger partial charge is 0.160 e. The molecule has 1 aromatic carbocycles. The fourth-order valence-electron chi connectivity index (χ4n) is 1.10. The van der Waals surface area contributed by atoms with Crippen LogP contribution >= 0.6 is 34.2 Å². The summed E-state index contributed by atoms with van der Waals surface area (Å²) >= 11 is 7.96. The molecule has 0 atom stereocenters. The molecule has 15 heavy (non-hydrogen) atoms. The van der Waals surface area contributed by atoms with E-state index in [1.807, 2.05) is 0 Å². The quantitative estimate of drug-likeness (QED) is 0.645. The Morgan fingerprint density at radius 3 is 2.47 bits per heavy atom. The summed E-state index contributed by atoms with van der Waals surface area (Å²) in [5, 5.41) is 9.57. The Morgan fingerprint density at radius 2 is 1.87 bits per heavy atom. The van der Waals surface area contributed by atoms with Gasteiger partial charge in [0.2, 0.25) is 0 Å². The van der Waals surface area contributed by atoms with Crippen LogP contribution in [-0.2, 0) is 0 Å². The SMILES string of the molecule is Oc1ccc(-c2ncc(I)c(Cl)n2)cc1. The van der Waals surface area contributed by atoms with E-state index in [9.17, 15) is 0 Å². The molecular formula is C10H6ClIN2O. The summed E-state index contributed by atoms with van der Waals surface area (Å²) < 4.78 is 0.816. The molecule has 5 heteroatoms. The lowest BCUT2D eigenvalue weighted by atomic mass is 10.2. The zero-order chi connectivity index (χ0) is 10.8. The van der Waals surface area contributed by atoms with Crippen LogP contribution in [0.3, 0.4) is 0 Å². The molecule has 0 spiro atoms. The van der Waals surface area contributed by atoms with Gasteiger partial charge in [-0.3, -0.25) is 0 Å². The monoisotopic (exact) mass is 332 g/mol. The van der Waals surface area contributed by atoms with Crippen molar-refractivity contribution in [1.82, 2.24) is 9.97 Å². The molecule has 2 rings (SSSR count). The molecule has 1 heterocycles. The number of phenols is 1.